The van der Waals surface area contributed by atoms with E-state index >= 15 is 0 Å². The van der Waals surface area contributed by atoms with E-state index in [1.165, 1.54) is 11.1 Å². The zero-order valence-electron chi connectivity index (χ0n) is 13.7. The molecule has 1 aromatic carbocycles. The van der Waals surface area contributed by atoms with Crippen molar-refractivity contribution in [3.63, 3.8) is 0 Å². The van der Waals surface area contributed by atoms with Gasteiger partial charge in [0.15, 0.2) is 0 Å². The Morgan fingerprint density at radius 3 is 2.86 bits per heavy atom. The number of fused-ring (bicyclic) bond motifs is 1. The van der Waals surface area contributed by atoms with E-state index in [4.69, 9.17) is 16.3 Å². The molecule has 2 N–H and O–H groups in total. The number of ether oxygens (including phenoxy) is 1. The average Bonchev–Trinajstić information content (AvgIpc) is 2.77. The SMILES string of the molecule is CC(CNC(=O)OC(C)(C)C)NC1CCc2cc(Cl)ccc21. The first-order chi connectivity index (χ1) is 10.2. The molecule has 2 atom stereocenters. The molecule has 1 aliphatic carbocycles. The predicted molar refractivity (Wildman–Crippen MR) is 89.3 cm³/mol. The Morgan fingerprint density at radius 1 is 1.45 bits per heavy atom. The summed E-state index contributed by atoms with van der Waals surface area (Å²) in [6.45, 7) is 8.16. The van der Waals surface area contributed by atoms with Crippen LogP contribution in [-0.4, -0.2) is 24.3 Å². The number of carbonyl (C=O) groups is 1. The highest BCUT2D eigenvalue weighted by Crippen LogP contribution is 2.33. The highest BCUT2D eigenvalue weighted by atomic mass is 35.5. The normalized spacial score (nSPS) is 18.7. The Labute approximate surface area is 137 Å². The van der Waals surface area contributed by atoms with Crippen LogP contribution in [0, 0.1) is 0 Å². The number of hydrogen-bond acceptors (Lipinski definition) is 3. The second kappa shape index (κ2) is 6.88. The number of benzene rings is 1. The first-order valence-corrected chi connectivity index (χ1v) is 8.13. The highest BCUT2D eigenvalue weighted by molar-refractivity contribution is 6.30. The van der Waals surface area contributed by atoms with E-state index in [1.807, 2.05) is 32.9 Å². The molecule has 2 unspecified atom stereocenters. The molecule has 0 radical (unpaired) electrons. The number of hydrogen-bond donors (Lipinski definition) is 2. The molecule has 0 spiro atoms. The third kappa shape index (κ3) is 4.89. The van der Waals surface area contributed by atoms with Crippen LogP contribution in [0.3, 0.4) is 0 Å². The van der Waals surface area contributed by atoms with E-state index in [2.05, 4.69) is 23.6 Å². The second-order valence-electron chi connectivity index (χ2n) is 6.88. The summed E-state index contributed by atoms with van der Waals surface area (Å²) in [4.78, 5) is 11.7. The van der Waals surface area contributed by atoms with Crippen LogP contribution in [0.5, 0.6) is 0 Å². The van der Waals surface area contributed by atoms with Gasteiger partial charge in [-0.2, -0.15) is 0 Å². The summed E-state index contributed by atoms with van der Waals surface area (Å²) in [6, 6.07) is 6.56. The standard InChI is InChI=1S/C17H25ClN2O2/c1-11(10-19-16(21)22-17(2,3)4)20-15-8-5-12-9-13(18)6-7-14(12)15/h6-7,9,11,15,20H,5,8,10H2,1-4H3,(H,19,21). The topological polar surface area (TPSA) is 50.4 Å². The van der Waals surface area contributed by atoms with Crippen molar-refractivity contribution in [2.75, 3.05) is 6.54 Å². The number of rotatable bonds is 4. The van der Waals surface area contributed by atoms with Gasteiger partial charge in [-0.25, -0.2) is 4.79 Å². The lowest BCUT2D eigenvalue weighted by molar-refractivity contribution is 0.0522. The Bertz CT molecular complexity index is 540. The van der Waals surface area contributed by atoms with Gasteiger partial charge in [0.2, 0.25) is 0 Å². The molecule has 22 heavy (non-hydrogen) atoms. The molecule has 0 aromatic heterocycles. The van der Waals surface area contributed by atoms with Gasteiger partial charge in [0, 0.05) is 23.7 Å². The molecule has 0 bridgehead atoms. The quantitative estimate of drug-likeness (QED) is 0.885. The fourth-order valence-electron chi connectivity index (χ4n) is 2.71. The van der Waals surface area contributed by atoms with Crippen LogP contribution in [0.25, 0.3) is 0 Å². The van der Waals surface area contributed by atoms with Crippen molar-refractivity contribution in [1.29, 1.82) is 0 Å². The van der Waals surface area contributed by atoms with Crippen LogP contribution in [0.1, 0.15) is 51.3 Å². The summed E-state index contributed by atoms with van der Waals surface area (Å²) in [7, 11) is 0. The van der Waals surface area contributed by atoms with Crippen LogP contribution in [-0.2, 0) is 11.2 Å². The van der Waals surface area contributed by atoms with Crippen molar-refractivity contribution in [3.8, 4) is 0 Å². The zero-order valence-corrected chi connectivity index (χ0v) is 14.5. The van der Waals surface area contributed by atoms with Gasteiger partial charge in [-0.1, -0.05) is 17.7 Å². The Kier molecular flexibility index (Phi) is 5.35. The van der Waals surface area contributed by atoms with Crippen LogP contribution >= 0.6 is 11.6 Å². The lowest BCUT2D eigenvalue weighted by Crippen LogP contribution is -2.42. The van der Waals surface area contributed by atoms with E-state index in [9.17, 15) is 4.79 Å². The zero-order chi connectivity index (χ0) is 16.3. The van der Waals surface area contributed by atoms with Crippen molar-refractivity contribution < 1.29 is 9.53 Å². The molecule has 0 saturated heterocycles. The van der Waals surface area contributed by atoms with Crippen molar-refractivity contribution in [2.45, 2.75) is 58.2 Å². The summed E-state index contributed by atoms with van der Waals surface area (Å²) in [5.41, 5.74) is 2.16. The van der Waals surface area contributed by atoms with E-state index in [0.29, 0.717) is 12.6 Å². The first kappa shape index (κ1) is 17.1. The van der Waals surface area contributed by atoms with E-state index in [-0.39, 0.29) is 12.1 Å². The molecule has 2 rings (SSSR count). The summed E-state index contributed by atoms with van der Waals surface area (Å²) in [5, 5.41) is 7.15. The van der Waals surface area contributed by atoms with Crippen LogP contribution in [0.4, 0.5) is 4.79 Å². The van der Waals surface area contributed by atoms with Crippen LogP contribution in [0.2, 0.25) is 5.02 Å². The number of carbonyl (C=O) groups excluding carboxylic acids is 1. The molecule has 1 aliphatic rings. The van der Waals surface area contributed by atoms with Gasteiger partial charge in [0.25, 0.3) is 0 Å². The maximum atomic E-state index is 11.7. The molecular formula is C17H25ClN2O2. The average molecular weight is 325 g/mol. The number of amides is 1. The molecule has 0 aliphatic heterocycles. The molecule has 5 heteroatoms. The molecule has 1 aromatic rings. The highest BCUT2D eigenvalue weighted by Gasteiger charge is 2.24. The Morgan fingerprint density at radius 2 is 2.18 bits per heavy atom. The van der Waals surface area contributed by atoms with Gasteiger partial charge < -0.3 is 15.4 Å². The number of halogens is 1. The van der Waals surface area contributed by atoms with Crippen molar-refractivity contribution in [3.05, 3.63) is 34.3 Å². The minimum absolute atomic E-state index is 0.166. The number of nitrogens with one attached hydrogen (secondary N) is 2. The van der Waals surface area contributed by atoms with Gasteiger partial charge in [-0.3, -0.25) is 0 Å². The van der Waals surface area contributed by atoms with Gasteiger partial charge in [0.05, 0.1) is 0 Å². The van der Waals surface area contributed by atoms with Gasteiger partial charge in [0.1, 0.15) is 5.60 Å². The molecule has 0 heterocycles. The third-order valence-electron chi connectivity index (χ3n) is 3.62. The lowest BCUT2D eigenvalue weighted by atomic mass is 10.1. The fourth-order valence-corrected chi connectivity index (χ4v) is 2.91. The summed E-state index contributed by atoms with van der Waals surface area (Å²) in [6.07, 6.45) is 1.73. The fraction of sp³-hybridized carbons (Fsp3) is 0.588. The van der Waals surface area contributed by atoms with Crippen LogP contribution < -0.4 is 10.6 Å². The maximum Gasteiger partial charge on any atom is 0.407 e. The van der Waals surface area contributed by atoms with Crippen LogP contribution in [0.15, 0.2) is 18.2 Å². The van der Waals surface area contributed by atoms with E-state index < -0.39 is 5.60 Å². The molecule has 0 saturated carbocycles. The predicted octanol–water partition coefficient (Wildman–Crippen LogP) is 3.83. The summed E-state index contributed by atoms with van der Waals surface area (Å²) >= 11 is 6.03. The molecule has 1 amide bonds. The second-order valence-corrected chi connectivity index (χ2v) is 7.32. The maximum absolute atomic E-state index is 11.7. The van der Waals surface area contributed by atoms with Crippen molar-refractivity contribution in [1.82, 2.24) is 10.6 Å². The Balaban J connectivity index is 1.82. The largest absolute Gasteiger partial charge is 0.444 e. The lowest BCUT2D eigenvalue weighted by Gasteiger charge is -2.23. The number of aryl methyl sites for hydroxylation is 1. The number of alkyl carbamates (subject to hydrolysis) is 1. The first-order valence-electron chi connectivity index (χ1n) is 7.76. The molecule has 4 nitrogen and oxygen atoms in total. The van der Waals surface area contributed by atoms with Gasteiger partial charge in [-0.05, 0) is 63.8 Å². The summed E-state index contributed by atoms with van der Waals surface area (Å²) in [5.74, 6) is 0. The van der Waals surface area contributed by atoms with E-state index in [1.54, 1.807) is 0 Å². The third-order valence-corrected chi connectivity index (χ3v) is 3.86. The molecule has 0 fully saturated rings. The van der Waals surface area contributed by atoms with E-state index in [0.717, 1.165) is 17.9 Å². The minimum atomic E-state index is -0.468. The Hall–Kier alpha value is -1.26. The van der Waals surface area contributed by atoms with Crippen molar-refractivity contribution >= 4 is 17.7 Å². The summed E-state index contributed by atoms with van der Waals surface area (Å²) < 4.78 is 5.24. The minimum Gasteiger partial charge on any atom is -0.444 e. The van der Waals surface area contributed by atoms with Crippen molar-refractivity contribution in [2.24, 2.45) is 0 Å². The smallest absolute Gasteiger partial charge is 0.407 e. The van der Waals surface area contributed by atoms with Gasteiger partial charge in [-0.15, -0.1) is 0 Å². The monoisotopic (exact) mass is 324 g/mol. The molecule has 122 valence electrons. The molecular weight excluding hydrogens is 300 g/mol. The van der Waals surface area contributed by atoms with Gasteiger partial charge >= 0.3 is 6.09 Å².